The van der Waals surface area contributed by atoms with E-state index < -0.39 is 23.8 Å². The van der Waals surface area contributed by atoms with E-state index in [2.05, 4.69) is 26.5 Å². The molecule has 2 aromatic rings. The molecule has 0 radical (unpaired) electrons. The van der Waals surface area contributed by atoms with E-state index in [9.17, 15) is 13.3 Å². The van der Waals surface area contributed by atoms with Crippen LogP contribution in [0.3, 0.4) is 0 Å². The molecule has 1 aliphatic rings. The highest BCUT2D eigenvalue weighted by molar-refractivity contribution is 9.10. The largest absolute Gasteiger partial charge is 0.399 e. The third kappa shape index (κ3) is 4.01. The maximum absolute atomic E-state index is 13.9. The minimum Gasteiger partial charge on any atom is -0.325 e. The lowest BCUT2D eigenvalue weighted by Gasteiger charge is -2.32. The van der Waals surface area contributed by atoms with Crippen LogP contribution in [-0.4, -0.2) is 32.6 Å². The number of halogens is 3. The Labute approximate surface area is 177 Å². The number of thioether (sulfide) groups is 1. The fourth-order valence-corrected chi connectivity index (χ4v) is 5.64. The molecule has 28 heavy (non-hydrogen) atoms. The number of amidine groups is 1. The maximum atomic E-state index is 13.9. The average molecular weight is 512 g/mol. The van der Waals surface area contributed by atoms with Crippen molar-refractivity contribution in [2.45, 2.75) is 23.3 Å². The molecule has 2 heterocycles. The Morgan fingerprint density at radius 3 is 2.71 bits per heavy atom. The molecule has 152 valence electrons. The fraction of sp³-hybridized carbons (Fsp3) is 0.312. The molecular formula is C16H17BrF2N3O3PS2. The molecule has 1 unspecified atom stereocenters. The van der Waals surface area contributed by atoms with Gasteiger partial charge in [-0.25, -0.2) is 0 Å². The molecule has 0 aliphatic carbocycles. The Hall–Kier alpha value is -0.970. The number of benzene rings is 1. The van der Waals surface area contributed by atoms with Crippen molar-refractivity contribution in [1.82, 2.24) is 10.3 Å². The van der Waals surface area contributed by atoms with Gasteiger partial charge < -0.3 is 14.7 Å². The minimum atomic E-state index is -5.61. The van der Waals surface area contributed by atoms with Gasteiger partial charge in [0.05, 0.1) is 4.88 Å². The molecule has 3 N–H and O–H groups in total. The number of hydrogen-bond donors (Lipinski definition) is 3. The van der Waals surface area contributed by atoms with Crippen LogP contribution in [0, 0.1) is 0 Å². The van der Waals surface area contributed by atoms with Crippen molar-refractivity contribution >= 4 is 52.5 Å². The Bertz CT molecular complexity index is 955. The van der Waals surface area contributed by atoms with E-state index in [1.165, 1.54) is 23.9 Å². The summed E-state index contributed by atoms with van der Waals surface area (Å²) in [7, 11) is -3.69. The van der Waals surface area contributed by atoms with Gasteiger partial charge in [-0.2, -0.15) is 13.9 Å². The van der Waals surface area contributed by atoms with Gasteiger partial charge in [0.2, 0.25) is 0 Å². The summed E-state index contributed by atoms with van der Waals surface area (Å²) in [6.07, 6.45) is 0. The molecule has 0 bridgehead atoms. The van der Waals surface area contributed by atoms with Gasteiger partial charge in [0.1, 0.15) is 0 Å². The predicted molar refractivity (Wildman–Crippen MR) is 112 cm³/mol. The summed E-state index contributed by atoms with van der Waals surface area (Å²) in [4.78, 5) is 20.3. The van der Waals surface area contributed by atoms with Crippen molar-refractivity contribution in [2.24, 2.45) is 5.10 Å². The van der Waals surface area contributed by atoms with Gasteiger partial charge in [0, 0.05) is 22.8 Å². The summed E-state index contributed by atoms with van der Waals surface area (Å²) in [6, 6.07) is 7.86. The van der Waals surface area contributed by atoms with Crippen LogP contribution in [0.1, 0.15) is 22.9 Å². The number of hydrogen-bond acceptors (Lipinski definition) is 6. The molecule has 6 nitrogen and oxygen atoms in total. The van der Waals surface area contributed by atoms with Crippen molar-refractivity contribution < 1.29 is 23.1 Å². The first-order valence-electron chi connectivity index (χ1n) is 7.94. The Morgan fingerprint density at radius 1 is 1.43 bits per heavy atom. The number of thiophene rings is 1. The van der Waals surface area contributed by atoms with E-state index >= 15 is 0 Å². The third-order valence-electron chi connectivity index (χ3n) is 4.31. The second-order valence-electron chi connectivity index (χ2n) is 6.25. The summed E-state index contributed by atoms with van der Waals surface area (Å²) in [6.45, 7) is 1.97. The number of rotatable bonds is 6. The van der Waals surface area contributed by atoms with Crippen molar-refractivity contribution in [3.8, 4) is 0 Å². The van der Waals surface area contributed by atoms with Crippen LogP contribution < -0.4 is 5.43 Å². The number of hydrazone groups is 1. The second-order valence-corrected chi connectivity index (χ2v) is 11.1. The van der Waals surface area contributed by atoms with Gasteiger partial charge in [-0.05, 0) is 30.0 Å². The van der Waals surface area contributed by atoms with E-state index in [0.29, 0.717) is 5.75 Å². The molecule has 3 rings (SSSR count). The standard InChI is InChI=1S/C16H17BrF2N3O3PS2/c1-15(21-20-14(22(15)2)13-4-3-7-27-13)28-9-10-5-6-11(12(17)8-10)16(18,19)26(23,24)25/h3-8,21H,9H2,1-2H3,(H2,23,24,25). The van der Waals surface area contributed by atoms with Crippen molar-refractivity contribution in [1.29, 1.82) is 0 Å². The van der Waals surface area contributed by atoms with Crippen LogP contribution in [0.4, 0.5) is 8.78 Å². The SMILES string of the molecule is CN1C(c2cccs2)=NNC1(C)SCc1ccc(C(F)(F)P(=O)(O)O)c(Br)c1. The number of alkyl halides is 2. The van der Waals surface area contributed by atoms with Gasteiger partial charge >= 0.3 is 13.3 Å². The van der Waals surface area contributed by atoms with Gasteiger partial charge in [0.15, 0.2) is 10.8 Å². The summed E-state index contributed by atoms with van der Waals surface area (Å²) in [5, 5.41) is 6.38. The van der Waals surface area contributed by atoms with Gasteiger partial charge in [-0.3, -0.25) is 9.99 Å². The van der Waals surface area contributed by atoms with Crippen LogP contribution in [0.2, 0.25) is 0 Å². The lowest BCUT2D eigenvalue weighted by Crippen LogP contribution is -2.46. The molecule has 0 amide bonds. The molecule has 1 aromatic heterocycles. The molecule has 0 saturated carbocycles. The van der Waals surface area contributed by atoms with Crippen LogP contribution in [0.25, 0.3) is 0 Å². The fourth-order valence-electron chi connectivity index (χ4n) is 2.54. The van der Waals surface area contributed by atoms with Crippen LogP contribution >= 0.6 is 46.6 Å². The zero-order valence-electron chi connectivity index (χ0n) is 14.8. The third-order valence-corrected chi connectivity index (χ3v) is 8.21. The minimum absolute atomic E-state index is 0.0488. The highest BCUT2D eigenvalue weighted by Crippen LogP contribution is 2.60. The van der Waals surface area contributed by atoms with E-state index in [0.717, 1.165) is 22.3 Å². The van der Waals surface area contributed by atoms with Gasteiger partial charge in [-0.15, -0.1) is 23.1 Å². The Kier molecular flexibility index (Phi) is 5.97. The first-order valence-corrected chi connectivity index (χ1v) is 12.2. The summed E-state index contributed by atoms with van der Waals surface area (Å²) >= 11 is 6.11. The van der Waals surface area contributed by atoms with Crippen molar-refractivity contribution in [3.63, 3.8) is 0 Å². The van der Waals surface area contributed by atoms with Gasteiger partial charge in [-0.1, -0.05) is 34.1 Å². The highest BCUT2D eigenvalue weighted by atomic mass is 79.9. The normalized spacial score (nSPS) is 20.2. The predicted octanol–water partition coefficient (Wildman–Crippen LogP) is 4.54. The number of nitrogens with one attached hydrogen (secondary N) is 1. The first kappa shape index (κ1) is 21.7. The molecule has 0 spiro atoms. The second kappa shape index (κ2) is 7.70. The highest BCUT2D eigenvalue weighted by Gasteiger charge is 2.51. The molecule has 1 aromatic carbocycles. The van der Waals surface area contributed by atoms with Crippen LogP contribution in [0.5, 0.6) is 0 Å². The number of nitrogens with zero attached hydrogens (tertiary/aromatic N) is 2. The van der Waals surface area contributed by atoms with Crippen LogP contribution in [-0.2, 0) is 16.0 Å². The van der Waals surface area contributed by atoms with E-state index in [4.69, 9.17) is 9.79 Å². The average Bonchev–Trinajstić information content (AvgIpc) is 3.22. The first-order chi connectivity index (χ1) is 13.0. The zero-order chi connectivity index (χ0) is 20.7. The van der Waals surface area contributed by atoms with E-state index in [1.54, 1.807) is 11.3 Å². The topological polar surface area (TPSA) is 85.2 Å². The smallest absolute Gasteiger partial charge is 0.325 e. The maximum Gasteiger partial charge on any atom is 0.399 e. The quantitative estimate of drug-likeness (QED) is 0.493. The van der Waals surface area contributed by atoms with Crippen molar-refractivity contribution in [3.05, 3.63) is 56.2 Å². The van der Waals surface area contributed by atoms with Crippen molar-refractivity contribution in [2.75, 3.05) is 7.05 Å². The molecule has 1 atom stereocenters. The molecule has 1 aliphatic heterocycles. The summed E-state index contributed by atoms with van der Waals surface area (Å²) < 4.78 is 38.9. The molecular weight excluding hydrogens is 495 g/mol. The van der Waals surface area contributed by atoms with E-state index in [1.807, 2.05) is 36.4 Å². The lowest BCUT2D eigenvalue weighted by molar-refractivity contribution is 0.0557. The zero-order valence-corrected chi connectivity index (χ0v) is 18.9. The van der Waals surface area contributed by atoms with Gasteiger partial charge in [0.25, 0.3) is 0 Å². The molecule has 12 heteroatoms. The lowest BCUT2D eigenvalue weighted by atomic mass is 10.1. The summed E-state index contributed by atoms with van der Waals surface area (Å²) in [5.41, 5.74) is -1.15. The van der Waals surface area contributed by atoms with Crippen LogP contribution in [0.15, 0.2) is 45.3 Å². The molecule has 0 saturated heterocycles. The molecule has 0 fully saturated rings. The van der Waals surface area contributed by atoms with E-state index in [-0.39, 0.29) is 4.47 Å². The Balaban J connectivity index is 1.72. The monoisotopic (exact) mass is 511 g/mol. The summed E-state index contributed by atoms with van der Waals surface area (Å²) in [5.74, 6) is 1.30. The Morgan fingerprint density at radius 2 is 2.14 bits per heavy atom.